The molecule has 0 unspecified atom stereocenters. The first-order valence-corrected chi connectivity index (χ1v) is 11.3. The molecule has 0 fully saturated rings. The van der Waals surface area contributed by atoms with Crippen LogP contribution in [0.1, 0.15) is 11.1 Å². The molecule has 2 nitrogen and oxygen atoms in total. The molecule has 2 aliphatic carbocycles. The Balaban J connectivity index is 1.56. The van der Waals surface area contributed by atoms with E-state index >= 15 is 0 Å². The minimum Gasteiger partial charge on any atom is -0.508 e. The van der Waals surface area contributed by atoms with Crippen LogP contribution < -0.4 is 0 Å². The smallest absolute Gasteiger partial charge is 0.115 e. The monoisotopic (exact) mass is 438 g/mol. The van der Waals surface area contributed by atoms with Crippen LogP contribution in [-0.4, -0.2) is 10.2 Å². The lowest BCUT2D eigenvalue weighted by molar-refractivity contribution is 0.475. The molecular formula is C32H22O2. The van der Waals surface area contributed by atoms with Crippen LogP contribution in [0, 0.1) is 0 Å². The number of fused-ring (bicyclic) bond motifs is 3. The van der Waals surface area contributed by atoms with Gasteiger partial charge in [-0.3, -0.25) is 0 Å². The summed E-state index contributed by atoms with van der Waals surface area (Å²) in [5.74, 6) is 0.534. The summed E-state index contributed by atoms with van der Waals surface area (Å²) in [6.45, 7) is 0. The molecular weight excluding hydrogens is 416 g/mol. The average molecular weight is 439 g/mol. The fraction of sp³-hybridized carbons (Fsp3) is 0. The van der Waals surface area contributed by atoms with Crippen LogP contribution in [0.5, 0.6) is 11.5 Å². The van der Waals surface area contributed by atoms with E-state index in [9.17, 15) is 10.2 Å². The average Bonchev–Trinajstić information content (AvgIpc) is 2.99. The van der Waals surface area contributed by atoms with Gasteiger partial charge < -0.3 is 10.2 Å². The Kier molecular flexibility index (Phi) is 4.78. The van der Waals surface area contributed by atoms with Gasteiger partial charge in [-0.25, -0.2) is 0 Å². The second-order valence-corrected chi connectivity index (χ2v) is 8.55. The van der Waals surface area contributed by atoms with Crippen molar-refractivity contribution in [3.05, 3.63) is 138 Å². The van der Waals surface area contributed by atoms with Crippen molar-refractivity contribution in [1.29, 1.82) is 0 Å². The molecule has 0 saturated carbocycles. The van der Waals surface area contributed by atoms with E-state index < -0.39 is 0 Å². The molecule has 2 aliphatic rings. The van der Waals surface area contributed by atoms with E-state index in [1.165, 1.54) is 27.8 Å². The zero-order valence-corrected chi connectivity index (χ0v) is 18.4. The van der Waals surface area contributed by atoms with Gasteiger partial charge >= 0.3 is 0 Å². The predicted octanol–water partition coefficient (Wildman–Crippen LogP) is 7.90. The maximum atomic E-state index is 9.71. The highest BCUT2D eigenvalue weighted by atomic mass is 16.3. The van der Waals surface area contributed by atoms with Gasteiger partial charge in [0.05, 0.1) is 0 Å². The van der Waals surface area contributed by atoms with Crippen LogP contribution in [0.15, 0.2) is 127 Å². The molecule has 6 rings (SSSR count). The number of benzene rings is 4. The second kappa shape index (κ2) is 8.09. The van der Waals surface area contributed by atoms with Crippen LogP contribution in [-0.2, 0) is 0 Å². The van der Waals surface area contributed by atoms with Gasteiger partial charge in [0.2, 0.25) is 0 Å². The Labute approximate surface area is 198 Å². The molecule has 0 heterocycles. The van der Waals surface area contributed by atoms with E-state index in [0.717, 1.165) is 27.8 Å². The summed E-state index contributed by atoms with van der Waals surface area (Å²) in [6.07, 6.45) is 12.6. The molecule has 0 amide bonds. The van der Waals surface area contributed by atoms with Crippen LogP contribution in [0.4, 0.5) is 0 Å². The van der Waals surface area contributed by atoms with Gasteiger partial charge in [-0.1, -0.05) is 85.0 Å². The zero-order chi connectivity index (χ0) is 23.1. The highest BCUT2D eigenvalue weighted by molar-refractivity contribution is 6.05. The predicted molar refractivity (Wildman–Crippen MR) is 140 cm³/mol. The molecule has 4 aromatic carbocycles. The van der Waals surface area contributed by atoms with Crippen molar-refractivity contribution in [2.24, 2.45) is 0 Å². The number of allylic oxidation sites excluding steroid dienone is 7. The molecule has 0 spiro atoms. The fourth-order valence-corrected chi connectivity index (χ4v) is 4.76. The minimum atomic E-state index is 0.267. The van der Waals surface area contributed by atoms with Crippen LogP contribution >= 0.6 is 0 Å². The molecule has 0 atom stereocenters. The topological polar surface area (TPSA) is 40.5 Å². The van der Waals surface area contributed by atoms with Gasteiger partial charge in [-0.15, -0.1) is 0 Å². The van der Waals surface area contributed by atoms with Crippen LogP contribution in [0.25, 0.3) is 39.0 Å². The van der Waals surface area contributed by atoms with E-state index in [0.29, 0.717) is 0 Å². The number of aromatic hydroxyl groups is 2. The quantitative estimate of drug-likeness (QED) is 0.294. The molecule has 0 aliphatic heterocycles. The normalized spacial score (nSPS) is 13.6. The number of rotatable bonds is 2. The number of phenols is 2. The Bertz CT molecular complexity index is 1410. The standard InChI is InChI=1S/C32H22O2/c33-26-13-7-21(8-14-26)24-11-17-28-29-18-12-25(22-9-15-27(34)16-10-22)20-31(29)32(30(28)19-24)23-5-3-1-2-4-6-23/h1-20,33-34H. The zero-order valence-electron chi connectivity index (χ0n) is 18.4. The van der Waals surface area contributed by atoms with Gasteiger partial charge in [-0.2, -0.15) is 0 Å². The minimum absolute atomic E-state index is 0.267. The summed E-state index contributed by atoms with van der Waals surface area (Å²) < 4.78 is 0. The number of hydrogen-bond acceptors (Lipinski definition) is 2. The maximum Gasteiger partial charge on any atom is 0.115 e. The molecule has 0 radical (unpaired) electrons. The van der Waals surface area contributed by atoms with Gasteiger partial charge in [0, 0.05) is 0 Å². The molecule has 162 valence electrons. The van der Waals surface area contributed by atoms with Crippen molar-refractivity contribution >= 4 is 5.57 Å². The van der Waals surface area contributed by atoms with E-state index in [2.05, 4.69) is 60.7 Å². The van der Waals surface area contributed by atoms with E-state index in [1.807, 2.05) is 36.4 Å². The Morgan fingerprint density at radius 2 is 0.794 bits per heavy atom. The molecule has 2 N–H and O–H groups in total. The second-order valence-electron chi connectivity index (χ2n) is 8.55. The van der Waals surface area contributed by atoms with Crippen molar-refractivity contribution in [2.45, 2.75) is 0 Å². The summed E-state index contributed by atoms with van der Waals surface area (Å²) in [7, 11) is 0. The lowest BCUT2D eigenvalue weighted by Crippen LogP contribution is -1.89. The Hall–Kier alpha value is -4.56. The summed E-state index contributed by atoms with van der Waals surface area (Å²) in [5, 5.41) is 19.4. The molecule has 0 aromatic heterocycles. The maximum absolute atomic E-state index is 9.71. The first-order chi connectivity index (χ1) is 16.7. The summed E-state index contributed by atoms with van der Waals surface area (Å²) in [6, 6.07) is 27.9. The van der Waals surface area contributed by atoms with Crippen molar-refractivity contribution in [3.8, 4) is 44.9 Å². The molecule has 2 heteroatoms. The Morgan fingerprint density at radius 1 is 0.382 bits per heavy atom. The van der Waals surface area contributed by atoms with Gasteiger partial charge in [0.1, 0.15) is 11.5 Å². The lowest BCUT2D eigenvalue weighted by atomic mass is 9.93. The van der Waals surface area contributed by atoms with Gasteiger partial charge in [0.15, 0.2) is 0 Å². The largest absolute Gasteiger partial charge is 0.508 e. The number of phenolic OH excluding ortho intramolecular Hbond substituents is 2. The summed E-state index contributed by atoms with van der Waals surface area (Å²) in [4.78, 5) is 0. The third kappa shape index (κ3) is 3.46. The van der Waals surface area contributed by atoms with Crippen molar-refractivity contribution in [3.63, 3.8) is 0 Å². The first kappa shape index (κ1) is 20.1. The van der Waals surface area contributed by atoms with E-state index in [1.54, 1.807) is 24.3 Å². The summed E-state index contributed by atoms with van der Waals surface area (Å²) >= 11 is 0. The molecule has 0 bridgehead atoms. The van der Waals surface area contributed by atoms with Crippen LogP contribution in [0.3, 0.4) is 0 Å². The lowest BCUT2D eigenvalue weighted by Gasteiger charge is -2.10. The van der Waals surface area contributed by atoms with Crippen molar-refractivity contribution < 1.29 is 10.2 Å². The molecule has 34 heavy (non-hydrogen) atoms. The highest BCUT2D eigenvalue weighted by Crippen LogP contribution is 2.48. The van der Waals surface area contributed by atoms with Crippen molar-refractivity contribution in [2.75, 3.05) is 0 Å². The van der Waals surface area contributed by atoms with Gasteiger partial charge in [0.25, 0.3) is 0 Å². The first-order valence-electron chi connectivity index (χ1n) is 11.3. The third-order valence-corrected chi connectivity index (χ3v) is 6.44. The third-order valence-electron chi connectivity index (χ3n) is 6.44. The number of hydrogen-bond donors (Lipinski definition) is 2. The fourth-order valence-electron chi connectivity index (χ4n) is 4.76. The summed E-state index contributed by atoms with van der Waals surface area (Å²) in [5.41, 5.74) is 11.6. The van der Waals surface area contributed by atoms with Crippen LogP contribution in [0.2, 0.25) is 0 Å². The van der Waals surface area contributed by atoms with Gasteiger partial charge in [-0.05, 0) is 92.1 Å². The highest BCUT2D eigenvalue weighted by Gasteiger charge is 2.26. The molecule has 4 aromatic rings. The molecule has 0 saturated heterocycles. The van der Waals surface area contributed by atoms with Crippen molar-refractivity contribution in [1.82, 2.24) is 0 Å². The van der Waals surface area contributed by atoms with E-state index in [-0.39, 0.29) is 11.5 Å². The SMILES string of the molecule is Oc1ccc(-c2ccc3c(c2)C(=C2C=CC=CC=C2)c2cc(-c4ccc(O)cc4)ccc2-3)cc1. The Morgan fingerprint density at radius 3 is 1.24 bits per heavy atom. The van der Waals surface area contributed by atoms with E-state index in [4.69, 9.17) is 0 Å².